The molecule has 2 amide bonds. The van der Waals surface area contributed by atoms with Gasteiger partial charge in [-0.15, -0.1) is 0 Å². The Kier molecular flexibility index (Phi) is 9.02. The highest BCUT2D eigenvalue weighted by Gasteiger charge is 2.32. The Balaban J connectivity index is 1.37. The topological polar surface area (TPSA) is 129 Å². The highest BCUT2D eigenvalue weighted by atomic mass is 19.4. The molecular weight excluding hydrogens is 625 g/mol. The fraction of sp³-hybridized carbons (Fsp3) is 0.265. The molecular formula is C34H32F3N8O3+. The minimum absolute atomic E-state index is 0.0420. The maximum Gasteiger partial charge on any atom is 0.416 e. The van der Waals surface area contributed by atoms with Crippen LogP contribution in [0.2, 0.25) is 0 Å². The van der Waals surface area contributed by atoms with Gasteiger partial charge in [0.25, 0.3) is 5.91 Å². The second kappa shape index (κ2) is 13.5. The zero-order valence-corrected chi connectivity index (χ0v) is 26.2. The molecule has 0 radical (unpaired) electrons. The summed E-state index contributed by atoms with van der Waals surface area (Å²) in [5.74, 6) is 6.44. The smallest absolute Gasteiger partial charge is 0.416 e. The molecule has 4 bridgehead atoms. The van der Waals surface area contributed by atoms with Gasteiger partial charge in [-0.25, -0.2) is 9.97 Å². The molecule has 0 saturated carbocycles. The molecule has 246 valence electrons. The summed E-state index contributed by atoms with van der Waals surface area (Å²) in [6, 6.07) is 10.2. The summed E-state index contributed by atoms with van der Waals surface area (Å²) in [4.78, 5) is 33.2. The van der Waals surface area contributed by atoms with E-state index >= 15 is 0 Å². The molecule has 14 heteroatoms. The molecule has 0 fully saturated rings. The van der Waals surface area contributed by atoms with Gasteiger partial charge in [0.2, 0.25) is 11.6 Å². The number of hydrogen-bond acceptors (Lipinski definition) is 6. The van der Waals surface area contributed by atoms with Crippen molar-refractivity contribution in [2.75, 3.05) is 30.3 Å². The quantitative estimate of drug-likeness (QED) is 0.241. The molecule has 0 spiro atoms. The third-order valence-electron chi connectivity index (χ3n) is 7.70. The number of fused-ring (bicyclic) bond motifs is 3. The van der Waals surface area contributed by atoms with Crippen LogP contribution in [0.4, 0.5) is 24.7 Å². The SMILES string of the molecule is Cc1cn(-c2cc(NC(=O)c3cc4cc(c3C)C#Cc3c[nH+]c5ccc(nn35)NCCC(=O)NCCCCO4)cc(C(F)(F)F)c2)cn1. The van der Waals surface area contributed by atoms with E-state index in [0.717, 1.165) is 12.1 Å². The Labute approximate surface area is 273 Å². The number of ether oxygens (including phenoxy) is 1. The van der Waals surface area contributed by atoms with Crippen LogP contribution in [0.1, 0.15) is 57.7 Å². The van der Waals surface area contributed by atoms with Crippen molar-refractivity contribution < 1.29 is 32.5 Å². The Hall–Kier alpha value is -5.84. The number of amides is 2. The molecule has 6 rings (SSSR count). The first-order chi connectivity index (χ1) is 23.0. The van der Waals surface area contributed by atoms with Gasteiger partial charge in [-0.2, -0.15) is 13.2 Å². The Bertz CT molecular complexity index is 2070. The fourth-order valence-corrected chi connectivity index (χ4v) is 5.17. The maximum atomic E-state index is 13.9. The number of carbonyl (C=O) groups excluding carboxylic acids is 2. The van der Waals surface area contributed by atoms with Gasteiger partial charge in [0.15, 0.2) is 5.82 Å². The minimum Gasteiger partial charge on any atom is -0.494 e. The molecule has 2 aromatic carbocycles. The van der Waals surface area contributed by atoms with Crippen molar-refractivity contribution in [3.8, 4) is 23.3 Å². The van der Waals surface area contributed by atoms with Gasteiger partial charge in [0.05, 0.1) is 24.2 Å². The number of hydrogen-bond donors (Lipinski definition) is 3. The third kappa shape index (κ3) is 7.41. The highest BCUT2D eigenvalue weighted by Crippen LogP contribution is 2.33. The van der Waals surface area contributed by atoms with E-state index in [-0.39, 0.29) is 29.3 Å². The molecule has 0 atom stereocenters. The molecule has 0 aliphatic carbocycles. The zero-order chi connectivity index (χ0) is 33.8. The summed E-state index contributed by atoms with van der Waals surface area (Å²) in [6.07, 6.45) is 1.63. The summed E-state index contributed by atoms with van der Waals surface area (Å²) in [5, 5.41) is 13.3. The molecule has 5 aromatic rings. The van der Waals surface area contributed by atoms with Crippen LogP contribution in [0.15, 0.2) is 61.2 Å². The number of benzene rings is 2. The van der Waals surface area contributed by atoms with Crippen LogP contribution in [-0.2, 0) is 11.0 Å². The number of aryl methyl sites for hydroxylation is 1. The largest absolute Gasteiger partial charge is 0.494 e. The van der Waals surface area contributed by atoms with Crippen molar-refractivity contribution in [3.63, 3.8) is 0 Å². The van der Waals surface area contributed by atoms with Crippen LogP contribution in [0.25, 0.3) is 11.3 Å². The average molecular weight is 658 g/mol. The van der Waals surface area contributed by atoms with Crippen LogP contribution >= 0.6 is 0 Å². The highest BCUT2D eigenvalue weighted by molar-refractivity contribution is 6.06. The summed E-state index contributed by atoms with van der Waals surface area (Å²) in [7, 11) is 0. The molecule has 0 saturated heterocycles. The van der Waals surface area contributed by atoms with E-state index in [9.17, 15) is 22.8 Å². The maximum absolute atomic E-state index is 13.9. The van der Waals surface area contributed by atoms with Gasteiger partial charge in [0, 0.05) is 54.3 Å². The van der Waals surface area contributed by atoms with Crippen LogP contribution in [-0.4, -0.2) is 50.7 Å². The second-order valence-corrected chi connectivity index (χ2v) is 11.3. The van der Waals surface area contributed by atoms with Crippen molar-refractivity contribution in [2.45, 2.75) is 39.3 Å². The van der Waals surface area contributed by atoms with Gasteiger partial charge < -0.3 is 25.3 Å². The van der Waals surface area contributed by atoms with Crippen molar-refractivity contribution >= 4 is 29.0 Å². The standard InChI is InChI=1S/C34H31F3N8O3/c1-21-19-44(20-41-21)27-15-24(34(35,36)37)14-25(16-27)42-33(47)29-17-28-13-23(22(29)2)5-6-26-18-40-31-8-7-30(43-45(26)31)38-11-9-32(46)39-10-3-4-12-48-28/h7-8,13-20H,3-4,9-12H2,1-2H3,(H,38,43)(H,39,46)(H,42,47)/p+1. The van der Waals surface area contributed by atoms with Crippen LogP contribution in [0, 0.1) is 25.7 Å². The first kappa shape index (κ1) is 32.1. The molecule has 4 N–H and O–H groups in total. The van der Waals surface area contributed by atoms with Gasteiger partial charge >= 0.3 is 11.8 Å². The number of nitrogens with zero attached hydrogens (tertiary/aromatic N) is 4. The number of rotatable bonds is 3. The number of nitrogens with one attached hydrogen (secondary N) is 4. The predicted molar refractivity (Wildman–Crippen MR) is 171 cm³/mol. The lowest BCUT2D eigenvalue weighted by Crippen LogP contribution is -2.26. The lowest BCUT2D eigenvalue weighted by atomic mass is 10.0. The number of carbonyl (C=O) groups is 2. The number of imidazole rings is 2. The third-order valence-corrected chi connectivity index (χ3v) is 7.70. The monoisotopic (exact) mass is 657 g/mol. The van der Waals surface area contributed by atoms with E-state index < -0.39 is 17.6 Å². The van der Waals surface area contributed by atoms with Gasteiger partial charge in [-0.3, -0.25) is 9.59 Å². The van der Waals surface area contributed by atoms with Crippen LogP contribution < -0.4 is 25.7 Å². The molecule has 3 aromatic heterocycles. The number of aromatic amines is 1. The minimum atomic E-state index is -4.65. The Morgan fingerprint density at radius 2 is 1.92 bits per heavy atom. The molecule has 1 aliphatic rings. The molecule has 0 unspecified atom stereocenters. The first-order valence-corrected chi connectivity index (χ1v) is 15.3. The molecule has 1 aliphatic heterocycles. The van der Waals surface area contributed by atoms with E-state index in [4.69, 9.17) is 4.74 Å². The van der Waals surface area contributed by atoms with Crippen molar-refractivity contribution in [1.82, 2.24) is 24.5 Å². The summed E-state index contributed by atoms with van der Waals surface area (Å²) >= 11 is 0. The van der Waals surface area contributed by atoms with Crippen molar-refractivity contribution in [1.29, 1.82) is 0 Å². The Morgan fingerprint density at radius 3 is 2.71 bits per heavy atom. The zero-order valence-electron chi connectivity index (χ0n) is 26.2. The number of H-pyrrole nitrogens is 1. The first-order valence-electron chi connectivity index (χ1n) is 15.3. The normalized spacial score (nSPS) is 14.1. The second-order valence-electron chi connectivity index (χ2n) is 11.3. The predicted octanol–water partition coefficient (Wildman–Crippen LogP) is 4.71. The lowest BCUT2D eigenvalue weighted by Gasteiger charge is -2.16. The molecule has 48 heavy (non-hydrogen) atoms. The van der Waals surface area contributed by atoms with Gasteiger partial charge in [-0.1, -0.05) is 15.5 Å². The van der Waals surface area contributed by atoms with Crippen molar-refractivity contribution in [2.24, 2.45) is 0 Å². The number of aromatic nitrogens is 5. The number of alkyl halides is 3. The number of anilines is 2. The van der Waals surface area contributed by atoms with E-state index in [1.807, 2.05) is 6.07 Å². The van der Waals surface area contributed by atoms with Crippen LogP contribution in [0.3, 0.4) is 0 Å². The summed E-state index contributed by atoms with van der Waals surface area (Å²) in [5.41, 5.74) is 2.27. The van der Waals surface area contributed by atoms with E-state index in [1.54, 1.807) is 49.0 Å². The lowest BCUT2D eigenvalue weighted by molar-refractivity contribution is -0.344. The average Bonchev–Trinajstić information content (AvgIpc) is 3.67. The van der Waals surface area contributed by atoms with Crippen molar-refractivity contribution in [3.05, 3.63) is 94.8 Å². The molecule has 4 heterocycles. The molecule has 11 nitrogen and oxygen atoms in total. The van der Waals surface area contributed by atoms with E-state index in [2.05, 4.69) is 42.9 Å². The Morgan fingerprint density at radius 1 is 1.06 bits per heavy atom. The van der Waals surface area contributed by atoms with E-state index in [0.29, 0.717) is 72.3 Å². The van der Waals surface area contributed by atoms with Crippen LogP contribution in [0.5, 0.6) is 5.75 Å². The fourth-order valence-electron chi connectivity index (χ4n) is 5.17. The summed E-state index contributed by atoms with van der Waals surface area (Å²) < 4.78 is 50.7. The van der Waals surface area contributed by atoms with Gasteiger partial charge in [-0.05, 0) is 74.6 Å². The van der Waals surface area contributed by atoms with Gasteiger partial charge in [0.1, 0.15) is 11.9 Å². The van der Waals surface area contributed by atoms with E-state index in [1.165, 1.54) is 17.0 Å². The number of halogens is 3. The summed E-state index contributed by atoms with van der Waals surface area (Å²) in [6.45, 7) is 4.63.